The molecule has 2 unspecified atom stereocenters. The highest BCUT2D eigenvalue weighted by molar-refractivity contribution is 5.83. The Morgan fingerprint density at radius 2 is 1.87 bits per heavy atom. The first kappa shape index (κ1) is 27.6. The molecule has 3 aromatic rings. The van der Waals surface area contributed by atoms with Crippen LogP contribution in [0.1, 0.15) is 18.4 Å². The van der Waals surface area contributed by atoms with E-state index < -0.39 is 48.2 Å². The van der Waals surface area contributed by atoms with Crippen molar-refractivity contribution in [1.82, 2.24) is 14.8 Å². The van der Waals surface area contributed by atoms with Crippen LogP contribution in [0.25, 0.3) is 22.2 Å². The molecule has 1 amide bonds. The number of ether oxygens (including phenoxy) is 1. The van der Waals surface area contributed by atoms with E-state index in [1.807, 2.05) is 36.4 Å². The molecule has 2 heterocycles. The standard InChI is InChI=1S/C27H28N4O8/c1-30-20-12-18(7-8-22(20)39-27(30)37)17-5-3-16(4-6-17)11-19(14-28)29-25(34)23-15-31(9-2-10-38-23)21(26(35)36)13-24(32)33/h3-8,12,19,21,23H,2,9-11,13,15H2,1H3,(H,29,34)(H,32,33)(H,35,36)/t19-,21?,23?/m0/s1. The van der Waals surface area contributed by atoms with E-state index in [-0.39, 0.29) is 26.1 Å². The molecule has 12 nitrogen and oxygen atoms in total. The number of amides is 1. The Morgan fingerprint density at radius 1 is 1.15 bits per heavy atom. The summed E-state index contributed by atoms with van der Waals surface area (Å²) in [5.74, 6) is -3.54. The number of benzene rings is 2. The van der Waals surface area contributed by atoms with Gasteiger partial charge in [-0.25, -0.2) is 4.79 Å². The van der Waals surface area contributed by atoms with E-state index >= 15 is 0 Å². The van der Waals surface area contributed by atoms with Crippen LogP contribution < -0.4 is 11.1 Å². The number of rotatable bonds is 9. The molecule has 204 valence electrons. The minimum Gasteiger partial charge on any atom is -0.481 e. The summed E-state index contributed by atoms with van der Waals surface area (Å²) in [5.41, 5.74) is 3.75. The van der Waals surface area contributed by atoms with Gasteiger partial charge in [0.1, 0.15) is 18.2 Å². The fraction of sp³-hybridized carbons (Fsp3) is 0.370. The van der Waals surface area contributed by atoms with Crippen LogP contribution in [0.5, 0.6) is 0 Å². The number of aromatic nitrogens is 1. The van der Waals surface area contributed by atoms with Crippen molar-refractivity contribution in [2.45, 2.75) is 37.5 Å². The van der Waals surface area contributed by atoms with Gasteiger partial charge in [-0.05, 0) is 35.2 Å². The molecule has 0 bridgehead atoms. The Kier molecular flexibility index (Phi) is 8.43. The lowest BCUT2D eigenvalue weighted by atomic mass is 10.0. The summed E-state index contributed by atoms with van der Waals surface area (Å²) in [6.45, 7) is 0.368. The number of carboxylic acids is 2. The predicted molar refractivity (Wildman–Crippen MR) is 138 cm³/mol. The summed E-state index contributed by atoms with van der Waals surface area (Å²) in [4.78, 5) is 48.9. The number of nitriles is 1. The van der Waals surface area contributed by atoms with Gasteiger partial charge in [0.05, 0.1) is 18.0 Å². The van der Waals surface area contributed by atoms with Gasteiger partial charge >= 0.3 is 17.7 Å². The number of carbonyl (C=O) groups is 3. The maximum Gasteiger partial charge on any atom is 0.419 e. The zero-order chi connectivity index (χ0) is 28.1. The number of aryl methyl sites for hydroxylation is 1. The first-order valence-electron chi connectivity index (χ1n) is 12.4. The van der Waals surface area contributed by atoms with Crippen molar-refractivity contribution in [3.05, 3.63) is 58.6 Å². The fourth-order valence-electron chi connectivity index (χ4n) is 4.60. The maximum atomic E-state index is 12.9. The number of nitrogens with one attached hydrogen (secondary N) is 1. The summed E-state index contributed by atoms with van der Waals surface area (Å²) >= 11 is 0. The number of carbonyl (C=O) groups excluding carboxylic acids is 1. The number of fused-ring (bicyclic) bond motifs is 1. The average Bonchev–Trinajstić information content (AvgIpc) is 3.06. The Bertz CT molecular complexity index is 1470. The second kappa shape index (κ2) is 11.9. The molecule has 2 aromatic carbocycles. The Labute approximate surface area is 223 Å². The summed E-state index contributed by atoms with van der Waals surface area (Å²) in [6, 6.07) is 12.8. The average molecular weight is 537 g/mol. The van der Waals surface area contributed by atoms with E-state index in [2.05, 4.69) is 11.4 Å². The van der Waals surface area contributed by atoms with Gasteiger partial charge in [0.2, 0.25) is 0 Å². The van der Waals surface area contributed by atoms with Crippen molar-refractivity contribution >= 4 is 28.9 Å². The molecular formula is C27H28N4O8. The van der Waals surface area contributed by atoms with Gasteiger partial charge in [-0.1, -0.05) is 30.3 Å². The summed E-state index contributed by atoms with van der Waals surface area (Å²) in [6.07, 6.45) is -0.986. The van der Waals surface area contributed by atoms with E-state index in [1.54, 1.807) is 13.1 Å². The van der Waals surface area contributed by atoms with Gasteiger partial charge in [0.25, 0.3) is 5.91 Å². The van der Waals surface area contributed by atoms with E-state index in [0.29, 0.717) is 17.5 Å². The number of hydrogen-bond donors (Lipinski definition) is 3. The number of aliphatic carboxylic acids is 2. The molecule has 1 fully saturated rings. The number of hydrogen-bond acceptors (Lipinski definition) is 8. The van der Waals surface area contributed by atoms with Crippen LogP contribution in [0.2, 0.25) is 0 Å². The van der Waals surface area contributed by atoms with Gasteiger partial charge in [0.15, 0.2) is 5.58 Å². The number of oxazole rings is 1. The van der Waals surface area contributed by atoms with E-state index in [4.69, 9.17) is 14.3 Å². The molecule has 4 rings (SSSR count). The third-order valence-corrected chi connectivity index (χ3v) is 6.69. The second-order valence-electron chi connectivity index (χ2n) is 9.36. The van der Waals surface area contributed by atoms with Crippen LogP contribution in [0.3, 0.4) is 0 Å². The summed E-state index contributed by atoms with van der Waals surface area (Å²) in [5, 5.41) is 30.9. The topological polar surface area (TPSA) is 175 Å². The lowest BCUT2D eigenvalue weighted by Crippen LogP contribution is -2.50. The Morgan fingerprint density at radius 3 is 2.54 bits per heavy atom. The third kappa shape index (κ3) is 6.51. The van der Waals surface area contributed by atoms with Crippen molar-refractivity contribution in [3.63, 3.8) is 0 Å². The Hall–Kier alpha value is -4.47. The van der Waals surface area contributed by atoms with Gasteiger partial charge in [-0.2, -0.15) is 5.26 Å². The molecule has 12 heteroatoms. The molecule has 1 saturated heterocycles. The lowest BCUT2D eigenvalue weighted by Gasteiger charge is -2.28. The van der Waals surface area contributed by atoms with E-state index in [9.17, 15) is 29.5 Å². The van der Waals surface area contributed by atoms with Crippen LogP contribution in [0.15, 0.2) is 51.7 Å². The SMILES string of the molecule is Cn1c(=O)oc2ccc(-c3ccc(C[C@@H](C#N)NC(=O)C4CN(C(CC(=O)O)C(=O)O)CCCO4)cc3)cc21. The highest BCUT2D eigenvalue weighted by atomic mass is 16.5. The van der Waals surface area contributed by atoms with Gasteiger partial charge < -0.3 is 24.7 Å². The lowest BCUT2D eigenvalue weighted by molar-refractivity contribution is -0.150. The van der Waals surface area contributed by atoms with Gasteiger partial charge in [0, 0.05) is 33.2 Å². The molecule has 0 radical (unpaired) electrons. The number of carboxylic acid groups (broad SMARTS) is 2. The van der Waals surface area contributed by atoms with Crippen molar-refractivity contribution in [1.29, 1.82) is 5.26 Å². The molecule has 1 aliphatic heterocycles. The largest absolute Gasteiger partial charge is 0.481 e. The fourth-order valence-corrected chi connectivity index (χ4v) is 4.60. The molecule has 0 aliphatic carbocycles. The first-order chi connectivity index (χ1) is 18.7. The molecular weight excluding hydrogens is 508 g/mol. The zero-order valence-electron chi connectivity index (χ0n) is 21.2. The van der Waals surface area contributed by atoms with Gasteiger partial charge in [-0.15, -0.1) is 0 Å². The molecule has 0 spiro atoms. The van der Waals surface area contributed by atoms with Crippen molar-refractivity contribution < 1.29 is 33.8 Å². The van der Waals surface area contributed by atoms with Crippen LogP contribution in [-0.2, 0) is 32.6 Å². The number of nitrogens with zero attached hydrogens (tertiary/aromatic N) is 3. The highest BCUT2D eigenvalue weighted by Gasteiger charge is 2.34. The monoisotopic (exact) mass is 536 g/mol. The van der Waals surface area contributed by atoms with Crippen LogP contribution in [0, 0.1) is 11.3 Å². The Balaban J connectivity index is 1.41. The van der Waals surface area contributed by atoms with E-state index in [0.717, 1.165) is 16.7 Å². The van der Waals surface area contributed by atoms with Crippen LogP contribution in [0.4, 0.5) is 0 Å². The summed E-state index contributed by atoms with van der Waals surface area (Å²) < 4.78 is 12.2. The minimum atomic E-state index is -1.29. The molecule has 3 atom stereocenters. The minimum absolute atomic E-state index is 0.102. The second-order valence-corrected chi connectivity index (χ2v) is 9.36. The summed E-state index contributed by atoms with van der Waals surface area (Å²) in [7, 11) is 1.63. The molecule has 3 N–H and O–H groups in total. The molecule has 1 aliphatic rings. The van der Waals surface area contributed by atoms with E-state index in [1.165, 1.54) is 9.47 Å². The maximum absolute atomic E-state index is 12.9. The van der Waals surface area contributed by atoms with Crippen molar-refractivity contribution in [3.8, 4) is 17.2 Å². The van der Waals surface area contributed by atoms with Crippen LogP contribution >= 0.6 is 0 Å². The normalized spacial score (nSPS) is 17.6. The first-order valence-corrected chi connectivity index (χ1v) is 12.4. The van der Waals surface area contributed by atoms with Gasteiger partial charge in [-0.3, -0.25) is 23.9 Å². The zero-order valence-corrected chi connectivity index (χ0v) is 21.2. The quantitative estimate of drug-likeness (QED) is 0.362. The predicted octanol–water partition coefficient (Wildman–Crippen LogP) is 1.37. The molecule has 0 saturated carbocycles. The van der Waals surface area contributed by atoms with Crippen LogP contribution in [-0.4, -0.2) is 75.4 Å². The smallest absolute Gasteiger partial charge is 0.419 e. The molecule has 1 aromatic heterocycles. The molecule has 39 heavy (non-hydrogen) atoms. The van der Waals surface area contributed by atoms with Crippen molar-refractivity contribution in [2.75, 3.05) is 19.7 Å². The highest BCUT2D eigenvalue weighted by Crippen LogP contribution is 2.24. The third-order valence-electron chi connectivity index (χ3n) is 6.69. The van der Waals surface area contributed by atoms with Crippen molar-refractivity contribution in [2.24, 2.45) is 7.05 Å².